The quantitative estimate of drug-likeness (QED) is 0.237. The van der Waals surface area contributed by atoms with Gasteiger partial charge in [-0.1, -0.05) is 24.3 Å². The van der Waals surface area contributed by atoms with E-state index in [2.05, 4.69) is 24.3 Å². The molecular weight excluding hydrogens is 537 g/mol. The summed E-state index contributed by atoms with van der Waals surface area (Å²) in [6.07, 6.45) is 1.99. The normalized spacial score (nSPS) is 10.5. The van der Waals surface area contributed by atoms with E-state index in [-0.39, 0.29) is 21.1 Å². The van der Waals surface area contributed by atoms with Crippen LogP contribution in [0.3, 0.4) is 0 Å². The molecule has 3 nitrogen and oxygen atoms in total. The van der Waals surface area contributed by atoms with Gasteiger partial charge in [0.15, 0.2) is 0 Å². The van der Waals surface area contributed by atoms with Gasteiger partial charge in [0.2, 0.25) is 0 Å². The molecule has 0 radical (unpaired) electrons. The molecule has 2 aromatic carbocycles. The van der Waals surface area contributed by atoms with Crippen molar-refractivity contribution in [3.05, 3.63) is 109 Å². The molecule has 0 bridgehead atoms. The molecule has 3 aromatic heterocycles. The van der Waals surface area contributed by atoms with Crippen LogP contribution in [0.4, 0.5) is 0 Å². The molecule has 29 heavy (non-hydrogen) atoms. The number of aromatic nitrogens is 3. The van der Waals surface area contributed by atoms with Crippen molar-refractivity contribution in [1.82, 2.24) is 9.97 Å². The van der Waals surface area contributed by atoms with Gasteiger partial charge in [-0.15, -0.1) is 71.8 Å². The first kappa shape index (κ1) is 19.2. The second kappa shape index (κ2) is 8.46. The topological polar surface area (TPSA) is 29.7 Å². The fourth-order valence-electron chi connectivity index (χ4n) is 3.23. The molecule has 0 aliphatic carbocycles. The molecule has 0 amide bonds. The van der Waals surface area contributed by atoms with Crippen molar-refractivity contribution in [2.24, 2.45) is 0 Å². The van der Waals surface area contributed by atoms with Gasteiger partial charge in [-0.05, 0) is 12.1 Å². The average molecular weight is 554 g/mol. The van der Waals surface area contributed by atoms with Gasteiger partial charge >= 0.3 is 21.1 Å². The summed E-state index contributed by atoms with van der Waals surface area (Å²) in [7, 11) is 0. The van der Waals surface area contributed by atoms with Crippen LogP contribution in [-0.2, 0) is 21.1 Å². The van der Waals surface area contributed by atoms with Crippen molar-refractivity contribution in [3.63, 3.8) is 0 Å². The Bertz CT molecular complexity index is 1260. The maximum atomic E-state index is 4.91. The van der Waals surface area contributed by atoms with Gasteiger partial charge in [-0.3, -0.25) is 0 Å². The van der Waals surface area contributed by atoms with Crippen LogP contribution in [0.1, 0.15) is 0 Å². The molecule has 0 atom stereocenters. The third-order valence-electron chi connectivity index (χ3n) is 4.60. The van der Waals surface area contributed by atoms with Crippen LogP contribution in [0, 0.1) is 12.1 Å². The minimum absolute atomic E-state index is 0. The van der Waals surface area contributed by atoms with Gasteiger partial charge in [0.1, 0.15) is 0 Å². The van der Waals surface area contributed by atoms with Crippen molar-refractivity contribution in [3.8, 4) is 28.3 Å². The molecule has 0 saturated carbocycles. The Morgan fingerprint density at radius 1 is 0.621 bits per heavy atom. The molecule has 0 fully saturated rings. The standard InChI is InChI=1S/C25H16N3.Pt/c1-3-9-19(10-4-1)22-14-7-15-24(26-22)28-18-8-13-21-16-17-23(27-25(21)28)20-11-5-2-6-12-20;/h1-9,11,13-18H;/q-1;+2. The molecule has 4 heteroatoms. The summed E-state index contributed by atoms with van der Waals surface area (Å²) < 4.78 is 2.02. The van der Waals surface area contributed by atoms with Crippen LogP contribution in [0.15, 0.2) is 97.2 Å². The van der Waals surface area contributed by atoms with Crippen molar-refractivity contribution < 1.29 is 25.6 Å². The van der Waals surface area contributed by atoms with Crippen molar-refractivity contribution in [2.75, 3.05) is 0 Å². The zero-order valence-corrected chi connectivity index (χ0v) is 17.7. The van der Waals surface area contributed by atoms with Crippen molar-refractivity contribution >= 4 is 11.0 Å². The van der Waals surface area contributed by atoms with Crippen molar-refractivity contribution in [1.29, 1.82) is 0 Å². The second-order valence-electron chi connectivity index (χ2n) is 6.42. The Morgan fingerprint density at radius 2 is 1.34 bits per heavy atom. The zero-order chi connectivity index (χ0) is 18.8. The number of hydrogen-bond acceptors (Lipinski definition) is 2. The minimum atomic E-state index is 0. The fourth-order valence-corrected chi connectivity index (χ4v) is 3.23. The van der Waals surface area contributed by atoms with E-state index in [0.29, 0.717) is 0 Å². The Hall–Kier alpha value is -3.16. The van der Waals surface area contributed by atoms with Gasteiger partial charge in [0.25, 0.3) is 11.5 Å². The number of benzene rings is 2. The van der Waals surface area contributed by atoms with E-state index in [9.17, 15) is 0 Å². The van der Waals surface area contributed by atoms with E-state index in [1.165, 1.54) is 0 Å². The minimum Gasteiger partial charge on any atom is -0.201 e. The number of rotatable bonds is 3. The predicted molar refractivity (Wildman–Crippen MR) is 110 cm³/mol. The van der Waals surface area contributed by atoms with Gasteiger partial charge in [0, 0.05) is 11.5 Å². The van der Waals surface area contributed by atoms with Gasteiger partial charge in [0.05, 0.1) is 17.6 Å². The van der Waals surface area contributed by atoms with Crippen LogP contribution in [0.25, 0.3) is 39.4 Å². The van der Waals surface area contributed by atoms with E-state index in [4.69, 9.17) is 9.97 Å². The van der Waals surface area contributed by atoms with E-state index < -0.39 is 0 Å². The van der Waals surface area contributed by atoms with Crippen LogP contribution < -0.4 is 4.57 Å². The molecule has 0 spiro atoms. The third kappa shape index (κ3) is 3.87. The number of nitrogens with zero attached hydrogens (tertiary/aromatic N) is 3. The Kier molecular flexibility index (Phi) is 5.59. The maximum absolute atomic E-state index is 4.91. The summed E-state index contributed by atoms with van der Waals surface area (Å²) in [6, 6.07) is 36.4. The first-order valence-corrected chi connectivity index (χ1v) is 9.11. The second-order valence-corrected chi connectivity index (χ2v) is 6.42. The number of fused-ring (bicyclic) bond motifs is 1. The Morgan fingerprint density at radius 3 is 2.03 bits per heavy atom. The first-order chi connectivity index (χ1) is 13.9. The number of pyridine rings is 3. The predicted octanol–water partition coefficient (Wildman–Crippen LogP) is 4.84. The van der Waals surface area contributed by atoms with E-state index in [1.807, 2.05) is 89.6 Å². The monoisotopic (exact) mass is 553 g/mol. The van der Waals surface area contributed by atoms with Crippen LogP contribution in [0.5, 0.6) is 0 Å². The summed E-state index contributed by atoms with van der Waals surface area (Å²) >= 11 is 0. The van der Waals surface area contributed by atoms with Gasteiger partial charge in [-0.25, -0.2) is 4.57 Å². The third-order valence-corrected chi connectivity index (χ3v) is 4.60. The molecule has 0 saturated heterocycles. The van der Waals surface area contributed by atoms with Crippen molar-refractivity contribution in [2.45, 2.75) is 0 Å². The molecule has 0 N–H and O–H groups in total. The Labute approximate surface area is 184 Å². The van der Waals surface area contributed by atoms with E-state index in [1.54, 1.807) is 0 Å². The first-order valence-electron chi connectivity index (χ1n) is 9.11. The summed E-state index contributed by atoms with van der Waals surface area (Å²) in [6.45, 7) is 0. The molecule has 0 unspecified atom stereocenters. The molecular formula is C25H16N3Pt+. The average Bonchev–Trinajstić information content (AvgIpc) is 2.79. The van der Waals surface area contributed by atoms with Crippen LogP contribution >= 0.6 is 0 Å². The van der Waals surface area contributed by atoms with Crippen LogP contribution in [0.2, 0.25) is 0 Å². The summed E-state index contributed by atoms with van der Waals surface area (Å²) in [4.78, 5) is 9.76. The van der Waals surface area contributed by atoms with E-state index >= 15 is 0 Å². The summed E-state index contributed by atoms with van der Waals surface area (Å²) in [5.41, 5.74) is 4.58. The summed E-state index contributed by atoms with van der Waals surface area (Å²) in [5, 5.41) is 1.06. The molecule has 0 aliphatic rings. The molecule has 3 heterocycles. The largest absolute Gasteiger partial charge is 2.00 e. The smallest absolute Gasteiger partial charge is 0.201 e. The molecule has 5 rings (SSSR count). The van der Waals surface area contributed by atoms with Crippen LogP contribution in [-0.4, -0.2) is 9.97 Å². The van der Waals surface area contributed by atoms with E-state index in [0.717, 1.165) is 39.4 Å². The molecule has 5 aromatic rings. The number of hydrogen-bond donors (Lipinski definition) is 0. The molecule has 140 valence electrons. The maximum Gasteiger partial charge on any atom is 2.00 e. The zero-order valence-electron chi connectivity index (χ0n) is 15.4. The Balaban J connectivity index is 0.00000205. The SMILES string of the molecule is [Pt+2].[c-]1ccccc1-c1cccc(-[n+]2cccc3ccc(-c4[c-]cccc4)nc32)n1. The van der Waals surface area contributed by atoms with Gasteiger partial charge < -0.3 is 0 Å². The van der Waals surface area contributed by atoms with Gasteiger partial charge in [-0.2, -0.15) is 9.97 Å². The fraction of sp³-hybridized carbons (Fsp3) is 0. The summed E-state index contributed by atoms with van der Waals surface area (Å²) in [5.74, 6) is 0.821. The molecule has 0 aliphatic heterocycles.